The van der Waals surface area contributed by atoms with Crippen LogP contribution in [0.5, 0.6) is 0 Å². The van der Waals surface area contributed by atoms with Crippen LogP contribution in [0.4, 0.5) is 10.5 Å². The van der Waals surface area contributed by atoms with E-state index in [-0.39, 0.29) is 29.7 Å². The van der Waals surface area contributed by atoms with Crippen molar-refractivity contribution in [3.8, 4) is 0 Å². The monoisotopic (exact) mass is 385 g/mol. The van der Waals surface area contributed by atoms with Crippen molar-refractivity contribution in [2.24, 2.45) is 5.92 Å². The molecule has 1 saturated carbocycles. The first-order chi connectivity index (χ1) is 13.1. The van der Waals surface area contributed by atoms with Gasteiger partial charge in [-0.1, -0.05) is 52.2 Å². The quantitative estimate of drug-likeness (QED) is 0.774. The van der Waals surface area contributed by atoms with Gasteiger partial charge in [0.2, 0.25) is 5.91 Å². The van der Waals surface area contributed by atoms with Crippen molar-refractivity contribution in [3.05, 3.63) is 29.8 Å². The first-order valence-electron chi connectivity index (χ1n) is 10.2. The van der Waals surface area contributed by atoms with E-state index in [0.29, 0.717) is 5.69 Å². The number of rotatable bonds is 4. The molecule has 1 aliphatic carbocycles. The molecule has 0 unspecified atom stereocenters. The number of anilines is 1. The van der Waals surface area contributed by atoms with Gasteiger partial charge in [0, 0.05) is 5.69 Å². The van der Waals surface area contributed by atoms with E-state index in [9.17, 15) is 14.4 Å². The molecule has 28 heavy (non-hydrogen) atoms. The fourth-order valence-electron chi connectivity index (χ4n) is 4.21. The first kappa shape index (κ1) is 20.4. The Balaban J connectivity index is 1.63. The van der Waals surface area contributed by atoms with E-state index in [2.05, 4.69) is 31.4 Å². The van der Waals surface area contributed by atoms with Crippen LogP contribution in [0.25, 0.3) is 0 Å². The van der Waals surface area contributed by atoms with Crippen LogP contribution in [-0.4, -0.2) is 34.8 Å². The second kappa shape index (κ2) is 7.57. The summed E-state index contributed by atoms with van der Waals surface area (Å²) >= 11 is 0. The maximum absolute atomic E-state index is 12.9. The summed E-state index contributed by atoms with van der Waals surface area (Å²) in [7, 11) is 0. The zero-order valence-corrected chi connectivity index (χ0v) is 17.3. The third kappa shape index (κ3) is 4.05. The molecule has 0 spiro atoms. The van der Waals surface area contributed by atoms with Crippen molar-refractivity contribution in [1.29, 1.82) is 0 Å². The maximum Gasteiger partial charge on any atom is 0.325 e. The molecular formula is C22H31N3O3. The van der Waals surface area contributed by atoms with E-state index in [1.165, 1.54) is 12.0 Å². The highest BCUT2D eigenvalue weighted by molar-refractivity contribution is 6.10. The van der Waals surface area contributed by atoms with E-state index < -0.39 is 11.6 Å². The molecule has 4 amide bonds. The number of carbonyl (C=O) groups is 3. The number of urea groups is 1. The number of hydrogen-bond donors (Lipinski definition) is 2. The maximum atomic E-state index is 12.9. The Bertz CT molecular complexity index is 760. The minimum absolute atomic E-state index is 0.0339. The van der Waals surface area contributed by atoms with Crippen molar-refractivity contribution >= 4 is 23.5 Å². The predicted octanol–water partition coefficient (Wildman–Crippen LogP) is 3.81. The number of benzene rings is 1. The smallest absolute Gasteiger partial charge is 0.325 e. The molecule has 152 valence electrons. The van der Waals surface area contributed by atoms with Crippen molar-refractivity contribution in [1.82, 2.24) is 10.2 Å². The fraction of sp³-hybridized carbons (Fsp3) is 0.591. The molecule has 0 radical (unpaired) electrons. The summed E-state index contributed by atoms with van der Waals surface area (Å²) in [6.45, 7) is 7.91. The highest BCUT2D eigenvalue weighted by atomic mass is 16.2. The van der Waals surface area contributed by atoms with Gasteiger partial charge < -0.3 is 10.6 Å². The lowest BCUT2D eigenvalue weighted by Gasteiger charge is -2.34. The van der Waals surface area contributed by atoms with Gasteiger partial charge in [-0.3, -0.25) is 14.5 Å². The van der Waals surface area contributed by atoms with E-state index in [4.69, 9.17) is 0 Å². The topological polar surface area (TPSA) is 78.5 Å². The number of amides is 4. The molecule has 6 nitrogen and oxygen atoms in total. The molecule has 1 aromatic carbocycles. The van der Waals surface area contributed by atoms with E-state index in [1.807, 2.05) is 24.3 Å². The van der Waals surface area contributed by atoms with Crippen LogP contribution in [0.3, 0.4) is 0 Å². The highest BCUT2D eigenvalue weighted by Crippen LogP contribution is 2.36. The summed E-state index contributed by atoms with van der Waals surface area (Å²) in [6.07, 6.45) is 5.20. The van der Waals surface area contributed by atoms with Gasteiger partial charge in [0.25, 0.3) is 5.91 Å². The molecule has 1 aliphatic heterocycles. The Morgan fingerprint density at radius 3 is 2.32 bits per heavy atom. The summed E-state index contributed by atoms with van der Waals surface area (Å²) in [5.74, 6) is -0.529. The molecule has 0 aromatic heterocycles. The summed E-state index contributed by atoms with van der Waals surface area (Å²) < 4.78 is 0. The lowest BCUT2D eigenvalue weighted by atomic mass is 9.75. The molecule has 1 aromatic rings. The second-order valence-corrected chi connectivity index (χ2v) is 9.23. The van der Waals surface area contributed by atoms with Crippen molar-refractivity contribution in [3.63, 3.8) is 0 Å². The van der Waals surface area contributed by atoms with Gasteiger partial charge >= 0.3 is 6.03 Å². The molecule has 3 rings (SSSR count). The molecule has 2 fully saturated rings. The Hall–Kier alpha value is -2.37. The zero-order valence-electron chi connectivity index (χ0n) is 17.3. The van der Waals surface area contributed by atoms with Crippen LogP contribution in [0.1, 0.15) is 65.4 Å². The summed E-state index contributed by atoms with van der Waals surface area (Å²) in [5.41, 5.74) is 0.959. The molecule has 2 N–H and O–H groups in total. The highest BCUT2D eigenvalue weighted by Gasteiger charge is 2.52. The average Bonchev–Trinajstić information content (AvgIpc) is 2.86. The third-order valence-electron chi connectivity index (χ3n) is 6.06. The largest absolute Gasteiger partial charge is 0.325 e. The minimum Gasteiger partial charge on any atom is -0.325 e. The zero-order chi connectivity index (χ0) is 20.5. The van der Waals surface area contributed by atoms with Crippen LogP contribution >= 0.6 is 0 Å². The number of hydrogen-bond acceptors (Lipinski definition) is 3. The summed E-state index contributed by atoms with van der Waals surface area (Å²) in [5, 5.41) is 5.63. The van der Waals surface area contributed by atoms with Gasteiger partial charge in [-0.2, -0.15) is 0 Å². The Kier molecular flexibility index (Phi) is 5.50. The standard InChI is InChI=1S/C22H31N3O3/c1-21(2,3)15-10-12-17(13-11-15)23-18(26)14-25-19(27)22(4,24-20(25)28)16-8-6-5-7-9-16/h10-13,16H,5-9,14H2,1-4H3,(H,23,26)(H,24,28)/t22-/m1/s1. The number of nitrogens with one attached hydrogen (secondary N) is 2. The van der Waals surface area contributed by atoms with Gasteiger partial charge in [-0.25, -0.2) is 4.79 Å². The number of imide groups is 1. The first-order valence-corrected chi connectivity index (χ1v) is 10.2. The van der Waals surface area contributed by atoms with Gasteiger partial charge in [0.05, 0.1) is 0 Å². The number of nitrogens with zero attached hydrogens (tertiary/aromatic N) is 1. The summed E-state index contributed by atoms with van der Waals surface area (Å²) in [6, 6.07) is 7.16. The molecule has 2 aliphatic rings. The molecule has 1 heterocycles. The van der Waals surface area contributed by atoms with Gasteiger partial charge in [0.15, 0.2) is 0 Å². The average molecular weight is 386 g/mol. The normalized spacial score (nSPS) is 23.6. The van der Waals surface area contributed by atoms with Gasteiger partial charge in [0.1, 0.15) is 12.1 Å². The Labute approximate surface area is 167 Å². The lowest BCUT2D eigenvalue weighted by molar-refractivity contribution is -0.135. The molecule has 1 saturated heterocycles. The lowest BCUT2D eigenvalue weighted by Crippen LogP contribution is -2.51. The van der Waals surface area contributed by atoms with Crippen molar-refractivity contribution in [2.75, 3.05) is 11.9 Å². The van der Waals surface area contributed by atoms with E-state index >= 15 is 0 Å². The predicted molar refractivity (Wildman–Crippen MR) is 109 cm³/mol. The second-order valence-electron chi connectivity index (χ2n) is 9.23. The Morgan fingerprint density at radius 1 is 1.14 bits per heavy atom. The molecule has 0 bridgehead atoms. The van der Waals surface area contributed by atoms with Crippen molar-refractivity contribution in [2.45, 2.75) is 70.8 Å². The minimum atomic E-state index is -0.897. The van der Waals surface area contributed by atoms with Crippen LogP contribution in [0, 0.1) is 5.92 Å². The number of carbonyl (C=O) groups excluding carboxylic acids is 3. The summed E-state index contributed by atoms with van der Waals surface area (Å²) in [4.78, 5) is 38.8. The van der Waals surface area contributed by atoms with Crippen LogP contribution < -0.4 is 10.6 Å². The van der Waals surface area contributed by atoms with E-state index in [0.717, 1.165) is 30.6 Å². The van der Waals surface area contributed by atoms with Crippen molar-refractivity contribution < 1.29 is 14.4 Å². The van der Waals surface area contributed by atoms with Crippen LogP contribution in [0.15, 0.2) is 24.3 Å². The SMILES string of the molecule is CC(C)(C)c1ccc(NC(=O)CN2C(=O)N[C@](C)(C3CCCCC3)C2=O)cc1. The molecule has 6 heteroatoms. The van der Waals surface area contributed by atoms with Gasteiger partial charge in [-0.05, 0) is 48.8 Å². The third-order valence-corrected chi connectivity index (χ3v) is 6.06. The molecular weight excluding hydrogens is 354 g/mol. The fourth-order valence-corrected chi connectivity index (χ4v) is 4.21. The Morgan fingerprint density at radius 2 is 1.75 bits per heavy atom. The van der Waals surface area contributed by atoms with Crippen LogP contribution in [0.2, 0.25) is 0 Å². The van der Waals surface area contributed by atoms with E-state index in [1.54, 1.807) is 6.92 Å². The van der Waals surface area contributed by atoms with Crippen LogP contribution in [-0.2, 0) is 15.0 Å². The molecule has 1 atom stereocenters. The van der Waals surface area contributed by atoms with Gasteiger partial charge in [-0.15, -0.1) is 0 Å².